The number of carbonyl (C=O) groups excluding carboxylic acids is 2. The van der Waals surface area contributed by atoms with Crippen LogP contribution in [0, 0.1) is 5.82 Å². The molecular weight excluding hydrogens is 215 g/mol. The standard InChI is InChI=1S/C11H11FO4/c1-7(11(14)15-2)16-10-8(6-13)4-3-5-9(10)12/h3-7H,1-2H3. The summed E-state index contributed by atoms with van der Waals surface area (Å²) >= 11 is 0. The Kier molecular flexibility index (Phi) is 3.99. The smallest absolute Gasteiger partial charge is 0.346 e. The summed E-state index contributed by atoms with van der Waals surface area (Å²) in [6.07, 6.45) is -0.511. The first-order chi connectivity index (χ1) is 7.60. The molecule has 0 fully saturated rings. The number of aldehydes is 1. The van der Waals surface area contributed by atoms with Gasteiger partial charge in [0, 0.05) is 0 Å². The predicted octanol–water partition coefficient (Wildman–Crippen LogP) is 1.58. The summed E-state index contributed by atoms with van der Waals surface area (Å²) < 4.78 is 22.8. The zero-order valence-corrected chi connectivity index (χ0v) is 8.90. The van der Waals surface area contributed by atoms with E-state index in [2.05, 4.69) is 4.74 Å². The van der Waals surface area contributed by atoms with Gasteiger partial charge < -0.3 is 9.47 Å². The molecule has 5 heteroatoms. The summed E-state index contributed by atoms with van der Waals surface area (Å²) in [5, 5.41) is 0. The number of hydrogen-bond donors (Lipinski definition) is 0. The van der Waals surface area contributed by atoms with Crippen LogP contribution in [0.25, 0.3) is 0 Å². The van der Waals surface area contributed by atoms with Crippen LogP contribution in [0.15, 0.2) is 18.2 Å². The van der Waals surface area contributed by atoms with Gasteiger partial charge in [-0.3, -0.25) is 4.79 Å². The van der Waals surface area contributed by atoms with Crippen LogP contribution in [0.1, 0.15) is 17.3 Å². The highest BCUT2D eigenvalue weighted by Crippen LogP contribution is 2.22. The van der Waals surface area contributed by atoms with Gasteiger partial charge in [-0.15, -0.1) is 0 Å². The molecule has 1 rings (SSSR count). The minimum atomic E-state index is -0.972. The zero-order valence-electron chi connectivity index (χ0n) is 8.90. The Labute approximate surface area is 92.0 Å². The first-order valence-corrected chi connectivity index (χ1v) is 4.58. The number of para-hydroxylation sites is 1. The molecule has 0 amide bonds. The SMILES string of the molecule is COC(=O)C(C)Oc1c(F)cccc1C=O. The van der Waals surface area contributed by atoms with Crippen molar-refractivity contribution in [2.75, 3.05) is 7.11 Å². The second-order valence-corrected chi connectivity index (χ2v) is 3.06. The van der Waals surface area contributed by atoms with Gasteiger partial charge in [-0.1, -0.05) is 6.07 Å². The molecule has 0 aromatic heterocycles. The molecule has 1 unspecified atom stereocenters. The molecule has 0 spiro atoms. The van der Waals surface area contributed by atoms with Gasteiger partial charge in [0.05, 0.1) is 12.7 Å². The topological polar surface area (TPSA) is 52.6 Å². The summed E-state index contributed by atoms with van der Waals surface area (Å²) in [5.41, 5.74) is 0.0516. The lowest BCUT2D eigenvalue weighted by Gasteiger charge is -2.14. The normalized spacial score (nSPS) is 11.7. The average molecular weight is 226 g/mol. The van der Waals surface area contributed by atoms with Crippen molar-refractivity contribution in [2.45, 2.75) is 13.0 Å². The summed E-state index contributed by atoms with van der Waals surface area (Å²) in [7, 11) is 1.20. The second-order valence-electron chi connectivity index (χ2n) is 3.06. The molecular formula is C11H11FO4. The van der Waals surface area contributed by atoms with E-state index in [0.29, 0.717) is 6.29 Å². The zero-order chi connectivity index (χ0) is 12.1. The Balaban J connectivity index is 2.96. The Morgan fingerprint density at radius 3 is 2.75 bits per heavy atom. The van der Waals surface area contributed by atoms with Gasteiger partial charge in [0.15, 0.2) is 24.0 Å². The third kappa shape index (κ3) is 2.56. The summed E-state index contributed by atoms with van der Waals surface area (Å²) in [6.45, 7) is 1.41. The van der Waals surface area contributed by atoms with Gasteiger partial charge in [-0.25, -0.2) is 9.18 Å². The van der Waals surface area contributed by atoms with E-state index in [0.717, 1.165) is 6.07 Å². The van der Waals surface area contributed by atoms with Gasteiger partial charge >= 0.3 is 5.97 Å². The Hall–Kier alpha value is -1.91. The van der Waals surface area contributed by atoms with Crippen LogP contribution >= 0.6 is 0 Å². The highest BCUT2D eigenvalue weighted by Gasteiger charge is 2.19. The van der Waals surface area contributed by atoms with Crippen molar-refractivity contribution < 1.29 is 23.5 Å². The number of carbonyl (C=O) groups is 2. The number of rotatable bonds is 4. The van der Waals surface area contributed by atoms with Crippen LogP contribution in [-0.2, 0) is 9.53 Å². The van der Waals surface area contributed by atoms with E-state index in [1.165, 1.54) is 26.2 Å². The molecule has 1 aromatic carbocycles. The fraction of sp³-hybridized carbons (Fsp3) is 0.273. The minimum Gasteiger partial charge on any atom is -0.475 e. The van der Waals surface area contributed by atoms with Crippen molar-refractivity contribution in [2.24, 2.45) is 0 Å². The first-order valence-electron chi connectivity index (χ1n) is 4.58. The molecule has 0 bridgehead atoms. The van der Waals surface area contributed by atoms with Gasteiger partial charge in [0.25, 0.3) is 0 Å². The maximum absolute atomic E-state index is 13.3. The molecule has 0 aliphatic heterocycles. The number of hydrogen-bond acceptors (Lipinski definition) is 4. The first kappa shape index (κ1) is 12.2. The fourth-order valence-electron chi connectivity index (χ4n) is 1.13. The van der Waals surface area contributed by atoms with Crippen molar-refractivity contribution in [1.29, 1.82) is 0 Å². The summed E-state index contributed by atoms with van der Waals surface area (Å²) in [5.74, 6) is -1.57. The molecule has 0 saturated heterocycles. The lowest BCUT2D eigenvalue weighted by Crippen LogP contribution is -2.25. The highest BCUT2D eigenvalue weighted by molar-refractivity contribution is 5.80. The monoisotopic (exact) mass is 226 g/mol. The van der Waals surface area contributed by atoms with Crippen LogP contribution in [0.4, 0.5) is 4.39 Å². The van der Waals surface area contributed by atoms with Crippen LogP contribution in [0.5, 0.6) is 5.75 Å². The van der Waals surface area contributed by atoms with Crippen LogP contribution in [-0.4, -0.2) is 25.5 Å². The molecule has 0 aliphatic rings. The van der Waals surface area contributed by atoms with E-state index < -0.39 is 17.9 Å². The molecule has 0 aliphatic carbocycles. The van der Waals surface area contributed by atoms with E-state index in [-0.39, 0.29) is 11.3 Å². The Morgan fingerprint density at radius 2 is 2.19 bits per heavy atom. The lowest BCUT2D eigenvalue weighted by molar-refractivity contribution is -0.148. The van der Waals surface area contributed by atoms with Crippen LogP contribution in [0.2, 0.25) is 0 Å². The molecule has 0 radical (unpaired) electrons. The largest absolute Gasteiger partial charge is 0.475 e. The molecule has 86 valence electrons. The van der Waals surface area contributed by atoms with Gasteiger partial charge in [-0.05, 0) is 19.1 Å². The van der Waals surface area contributed by atoms with Crippen molar-refractivity contribution in [3.05, 3.63) is 29.6 Å². The number of benzene rings is 1. The van der Waals surface area contributed by atoms with Crippen molar-refractivity contribution in [3.8, 4) is 5.75 Å². The van der Waals surface area contributed by atoms with E-state index in [9.17, 15) is 14.0 Å². The van der Waals surface area contributed by atoms with E-state index in [1.807, 2.05) is 0 Å². The minimum absolute atomic E-state index is 0.0516. The Morgan fingerprint density at radius 1 is 1.50 bits per heavy atom. The number of halogens is 1. The Bertz CT molecular complexity index is 403. The molecule has 0 saturated carbocycles. The van der Waals surface area contributed by atoms with Crippen LogP contribution < -0.4 is 4.74 Å². The van der Waals surface area contributed by atoms with Crippen LogP contribution in [0.3, 0.4) is 0 Å². The maximum atomic E-state index is 13.3. The van der Waals surface area contributed by atoms with Crippen molar-refractivity contribution in [1.82, 2.24) is 0 Å². The van der Waals surface area contributed by atoms with Crippen molar-refractivity contribution in [3.63, 3.8) is 0 Å². The quantitative estimate of drug-likeness (QED) is 0.577. The molecule has 1 atom stereocenters. The maximum Gasteiger partial charge on any atom is 0.346 e. The third-order valence-electron chi connectivity index (χ3n) is 1.95. The predicted molar refractivity (Wildman–Crippen MR) is 53.9 cm³/mol. The second kappa shape index (κ2) is 5.25. The fourth-order valence-corrected chi connectivity index (χ4v) is 1.13. The number of ether oxygens (including phenoxy) is 2. The summed E-state index contributed by atoms with van der Waals surface area (Å²) in [6, 6.07) is 3.93. The lowest BCUT2D eigenvalue weighted by atomic mass is 10.2. The molecule has 0 heterocycles. The molecule has 0 N–H and O–H groups in total. The van der Waals surface area contributed by atoms with E-state index >= 15 is 0 Å². The van der Waals surface area contributed by atoms with E-state index in [4.69, 9.17) is 4.74 Å². The summed E-state index contributed by atoms with van der Waals surface area (Å²) in [4.78, 5) is 21.7. The van der Waals surface area contributed by atoms with E-state index in [1.54, 1.807) is 0 Å². The third-order valence-corrected chi connectivity index (χ3v) is 1.95. The molecule has 1 aromatic rings. The van der Waals surface area contributed by atoms with Crippen molar-refractivity contribution >= 4 is 12.3 Å². The molecule has 4 nitrogen and oxygen atoms in total. The van der Waals surface area contributed by atoms with Gasteiger partial charge in [-0.2, -0.15) is 0 Å². The number of methoxy groups -OCH3 is 1. The average Bonchev–Trinajstić information content (AvgIpc) is 2.30. The van der Waals surface area contributed by atoms with Gasteiger partial charge in [0.2, 0.25) is 0 Å². The van der Waals surface area contributed by atoms with Gasteiger partial charge in [0.1, 0.15) is 0 Å². The highest BCUT2D eigenvalue weighted by atomic mass is 19.1. The number of esters is 1. The molecule has 16 heavy (non-hydrogen) atoms.